The number of nitrogens with zero attached hydrogens (tertiary/aromatic N) is 1. The number of hydrogen-bond donors (Lipinski definition) is 1. The summed E-state index contributed by atoms with van der Waals surface area (Å²) in [4.78, 5) is 26.1. The molecule has 5 heteroatoms. The van der Waals surface area contributed by atoms with E-state index in [0.717, 1.165) is 11.1 Å². The van der Waals surface area contributed by atoms with Crippen molar-refractivity contribution >= 4 is 11.8 Å². The number of rotatable bonds is 5. The second kappa shape index (κ2) is 6.69. The molecule has 23 heavy (non-hydrogen) atoms. The van der Waals surface area contributed by atoms with Gasteiger partial charge in [-0.3, -0.25) is 9.59 Å². The van der Waals surface area contributed by atoms with Gasteiger partial charge in [-0.2, -0.15) is 0 Å². The molecule has 2 aromatic rings. The molecule has 1 aliphatic heterocycles. The van der Waals surface area contributed by atoms with Crippen molar-refractivity contribution in [3.63, 3.8) is 0 Å². The zero-order valence-electron chi connectivity index (χ0n) is 13.1. The molecule has 2 amide bonds. The third-order valence-corrected chi connectivity index (χ3v) is 4.25. The van der Waals surface area contributed by atoms with Crippen LogP contribution in [0.25, 0.3) is 0 Å². The number of aryl methyl sites for hydroxylation is 1. The van der Waals surface area contributed by atoms with Crippen LogP contribution in [0.2, 0.25) is 0 Å². The van der Waals surface area contributed by atoms with E-state index in [4.69, 9.17) is 4.42 Å². The molecule has 1 aromatic heterocycles. The maximum Gasteiger partial charge on any atom is 0.243 e. The van der Waals surface area contributed by atoms with Gasteiger partial charge in [-0.1, -0.05) is 24.3 Å². The average molecular weight is 312 g/mol. The van der Waals surface area contributed by atoms with Crippen molar-refractivity contribution in [1.82, 2.24) is 10.2 Å². The van der Waals surface area contributed by atoms with Gasteiger partial charge in [-0.15, -0.1) is 0 Å². The minimum Gasteiger partial charge on any atom is -0.467 e. The van der Waals surface area contributed by atoms with Crippen LogP contribution in [-0.4, -0.2) is 22.8 Å². The normalized spacial score (nSPS) is 17.5. The van der Waals surface area contributed by atoms with Crippen molar-refractivity contribution in [2.45, 2.75) is 38.9 Å². The quantitative estimate of drug-likeness (QED) is 0.922. The summed E-state index contributed by atoms with van der Waals surface area (Å²) in [5.74, 6) is 0.583. The van der Waals surface area contributed by atoms with Gasteiger partial charge < -0.3 is 14.6 Å². The minimum absolute atomic E-state index is 0.00237. The Kier molecular flexibility index (Phi) is 4.46. The summed E-state index contributed by atoms with van der Waals surface area (Å²) in [6.07, 6.45) is 2.53. The lowest BCUT2D eigenvalue weighted by atomic mass is 10.1. The van der Waals surface area contributed by atoms with Gasteiger partial charge in [0.1, 0.15) is 11.8 Å². The highest BCUT2D eigenvalue weighted by Crippen LogP contribution is 2.22. The summed E-state index contributed by atoms with van der Waals surface area (Å²) in [6.45, 7) is 2.84. The van der Waals surface area contributed by atoms with E-state index in [-0.39, 0.29) is 11.8 Å². The number of nitrogens with one attached hydrogen (secondary N) is 1. The smallest absolute Gasteiger partial charge is 0.243 e. The van der Waals surface area contributed by atoms with Crippen LogP contribution in [0.3, 0.4) is 0 Å². The fourth-order valence-corrected chi connectivity index (χ4v) is 2.88. The Morgan fingerprint density at radius 2 is 2.13 bits per heavy atom. The molecule has 1 atom stereocenters. The van der Waals surface area contributed by atoms with Crippen LogP contribution >= 0.6 is 0 Å². The molecule has 120 valence electrons. The van der Waals surface area contributed by atoms with Crippen LogP contribution in [0, 0.1) is 6.92 Å². The van der Waals surface area contributed by atoms with Crippen molar-refractivity contribution in [3.05, 3.63) is 59.5 Å². The van der Waals surface area contributed by atoms with Gasteiger partial charge in [0.05, 0.1) is 12.8 Å². The van der Waals surface area contributed by atoms with E-state index in [9.17, 15) is 9.59 Å². The van der Waals surface area contributed by atoms with E-state index in [0.29, 0.717) is 31.7 Å². The van der Waals surface area contributed by atoms with Crippen molar-refractivity contribution < 1.29 is 14.0 Å². The number of furan rings is 1. The third-order valence-electron chi connectivity index (χ3n) is 4.25. The van der Waals surface area contributed by atoms with Gasteiger partial charge in [0.2, 0.25) is 11.8 Å². The molecule has 0 spiro atoms. The molecule has 5 nitrogen and oxygen atoms in total. The number of carbonyl (C=O) groups is 2. The van der Waals surface area contributed by atoms with Crippen LogP contribution in [0.4, 0.5) is 0 Å². The molecule has 0 radical (unpaired) electrons. The zero-order chi connectivity index (χ0) is 16.2. The lowest BCUT2D eigenvalue weighted by molar-refractivity contribution is -0.136. The van der Waals surface area contributed by atoms with Crippen molar-refractivity contribution in [3.8, 4) is 0 Å². The fraction of sp³-hybridized carbons (Fsp3) is 0.333. The predicted octanol–water partition coefficient (Wildman–Crippen LogP) is 2.40. The van der Waals surface area contributed by atoms with E-state index < -0.39 is 6.04 Å². The molecule has 1 N–H and O–H groups in total. The van der Waals surface area contributed by atoms with Crippen molar-refractivity contribution in [2.75, 3.05) is 0 Å². The average Bonchev–Trinajstić information content (AvgIpc) is 3.18. The Balaban J connectivity index is 1.63. The maximum atomic E-state index is 12.5. The summed E-state index contributed by atoms with van der Waals surface area (Å²) in [6, 6.07) is 11.1. The van der Waals surface area contributed by atoms with Gasteiger partial charge in [0.15, 0.2) is 0 Å². The SMILES string of the molecule is Cc1ccccc1CNC(=O)C1CCC(=O)N1Cc1ccco1. The van der Waals surface area contributed by atoms with E-state index in [1.165, 1.54) is 0 Å². The van der Waals surface area contributed by atoms with E-state index in [1.807, 2.05) is 37.3 Å². The van der Waals surface area contributed by atoms with E-state index >= 15 is 0 Å². The molecule has 0 saturated carbocycles. The number of carbonyl (C=O) groups excluding carboxylic acids is 2. The molecular weight excluding hydrogens is 292 g/mol. The highest BCUT2D eigenvalue weighted by atomic mass is 16.3. The highest BCUT2D eigenvalue weighted by Gasteiger charge is 2.36. The number of hydrogen-bond acceptors (Lipinski definition) is 3. The lowest BCUT2D eigenvalue weighted by Crippen LogP contribution is -2.44. The van der Waals surface area contributed by atoms with E-state index in [1.54, 1.807) is 17.2 Å². The summed E-state index contributed by atoms with van der Waals surface area (Å²) in [5, 5.41) is 2.95. The maximum absolute atomic E-state index is 12.5. The van der Waals surface area contributed by atoms with Crippen molar-refractivity contribution in [2.24, 2.45) is 0 Å². The molecule has 1 fully saturated rings. The molecular formula is C18H20N2O3. The van der Waals surface area contributed by atoms with E-state index in [2.05, 4.69) is 5.32 Å². The predicted molar refractivity (Wildman–Crippen MR) is 85.3 cm³/mol. The van der Waals surface area contributed by atoms with Crippen LogP contribution in [-0.2, 0) is 22.7 Å². The van der Waals surface area contributed by atoms with Gasteiger partial charge in [0.25, 0.3) is 0 Å². The first-order valence-electron chi connectivity index (χ1n) is 7.79. The molecule has 0 bridgehead atoms. The Morgan fingerprint density at radius 1 is 1.30 bits per heavy atom. The summed E-state index contributed by atoms with van der Waals surface area (Å²) in [7, 11) is 0. The second-order valence-corrected chi connectivity index (χ2v) is 5.80. The largest absolute Gasteiger partial charge is 0.467 e. The molecule has 3 rings (SSSR count). The molecule has 1 unspecified atom stereocenters. The van der Waals surface area contributed by atoms with Crippen LogP contribution in [0.5, 0.6) is 0 Å². The Labute approximate surface area is 135 Å². The Morgan fingerprint density at radius 3 is 2.87 bits per heavy atom. The third kappa shape index (κ3) is 3.44. The standard InChI is InChI=1S/C18H20N2O3/c1-13-5-2-3-6-14(13)11-19-18(22)16-8-9-17(21)20(16)12-15-7-4-10-23-15/h2-7,10,16H,8-9,11-12H2,1H3,(H,19,22). The molecule has 0 aliphatic carbocycles. The zero-order valence-corrected chi connectivity index (χ0v) is 13.1. The monoisotopic (exact) mass is 312 g/mol. The summed E-state index contributed by atoms with van der Waals surface area (Å²) < 4.78 is 5.29. The first kappa shape index (κ1) is 15.3. The van der Waals surface area contributed by atoms with Gasteiger partial charge in [-0.25, -0.2) is 0 Å². The Hall–Kier alpha value is -2.56. The van der Waals surface area contributed by atoms with Gasteiger partial charge in [0, 0.05) is 13.0 Å². The van der Waals surface area contributed by atoms with Crippen LogP contribution in [0.15, 0.2) is 47.1 Å². The lowest BCUT2D eigenvalue weighted by Gasteiger charge is -2.23. The second-order valence-electron chi connectivity index (χ2n) is 5.80. The minimum atomic E-state index is -0.420. The summed E-state index contributed by atoms with van der Waals surface area (Å²) in [5.41, 5.74) is 2.23. The number of benzene rings is 1. The van der Waals surface area contributed by atoms with Crippen LogP contribution < -0.4 is 5.32 Å². The van der Waals surface area contributed by atoms with Crippen molar-refractivity contribution in [1.29, 1.82) is 0 Å². The fourth-order valence-electron chi connectivity index (χ4n) is 2.88. The topological polar surface area (TPSA) is 62.6 Å². The molecule has 1 aliphatic rings. The van der Waals surface area contributed by atoms with Gasteiger partial charge in [-0.05, 0) is 36.6 Å². The highest BCUT2D eigenvalue weighted by molar-refractivity contribution is 5.90. The molecule has 1 aromatic carbocycles. The first-order chi connectivity index (χ1) is 11.1. The molecule has 2 heterocycles. The molecule has 1 saturated heterocycles. The van der Waals surface area contributed by atoms with Crippen LogP contribution in [0.1, 0.15) is 29.7 Å². The number of likely N-dealkylation sites (tertiary alicyclic amines) is 1. The number of amides is 2. The van der Waals surface area contributed by atoms with Gasteiger partial charge >= 0.3 is 0 Å². The first-order valence-corrected chi connectivity index (χ1v) is 7.79. The Bertz CT molecular complexity index is 694. The summed E-state index contributed by atoms with van der Waals surface area (Å²) >= 11 is 0.